The molecule has 10 nitrogen and oxygen atoms in total. The van der Waals surface area contributed by atoms with Gasteiger partial charge in [0, 0.05) is 62.8 Å². The van der Waals surface area contributed by atoms with Crippen LogP contribution in [0.1, 0.15) is 34.0 Å². The van der Waals surface area contributed by atoms with Crippen molar-refractivity contribution in [1.82, 2.24) is 34.9 Å². The van der Waals surface area contributed by atoms with Gasteiger partial charge in [0.1, 0.15) is 12.4 Å². The summed E-state index contributed by atoms with van der Waals surface area (Å²) in [5, 5.41) is 10.1. The molecule has 0 N–H and O–H groups in total. The maximum absolute atomic E-state index is 13.7. The monoisotopic (exact) mass is 697 g/mol. The van der Waals surface area contributed by atoms with Crippen molar-refractivity contribution in [1.29, 1.82) is 0 Å². The number of carbonyl (C=O) groups excluding carboxylic acids is 1. The molecule has 2 saturated heterocycles. The maximum Gasteiger partial charge on any atom is 0.453 e. The number of methoxy groups -OCH3 is 1. The van der Waals surface area contributed by atoms with E-state index >= 15 is 0 Å². The lowest BCUT2D eigenvalue weighted by atomic mass is 9.81. The molecule has 51 heavy (non-hydrogen) atoms. The van der Waals surface area contributed by atoms with Gasteiger partial charge in [-0.05, 0) is 45.3 Å². The molecule has 5 aromatic rings. The van der Waals surface area contributed by atoms with Crippen LogP contribution in [0.25, 0.3) is 5.69 Å². The number of fused-ring (bicyclic) bond motifs is 1. The van der Waals surface area contributed by atoms with Gasteiger partial charge in [-0.25, -0.2) is 4.79 Å². The summed E-state index contributed by atoms with van der Waals surface area (Å²) in [5.74, 6) is -0.655. The molecule has 264 valence electrons. The third-order valence-electron chi connectivity index (χ3n) is 9.66. The highest BCUT2D eigenvalue weighted by molar-refractivity contribution is 5.68. The number of tetrazole rings is 1. The number of alkyl halides is 3. The van der Waals surface area contributed by atoms with Crippen molar-refractivity contribution >= 4 is 6.09 Å². The van der Waals surface area contributed by atoms with E-state index in [1.165, 1.54) is 24.3 Å². The molecule has 2 unspecified atom stereocenters. The number of aromatic nitrogens is 4. The van der Waals surface area contributed by atoms with Gasteiger partial charge >= 0.3 is 12.3 Å². The molecule has 7 rings (SSSR count). The Morgan fingerprint density at radius 3 is 2.18 bits per heavy atom. The highest BCUT2D eigenvalue weighted by atomic mass is 19.4. The van der Waals surface area contributed by atoms with E-state index in [-0.39, 0.29) is 36.4 Å². The first kappa shape index (κ1) is 34.2. The van der Waals surface area contributed by atoms with Crippen molar-refractivity contribution in [2.45, 2.75) is 37.3 Å². The summed E-state index contributed by atoms with van der Waals surface area (Å²) in [6.45, 7) is 3.51. The quantitative estimate of drug-likeness (QED) is 0.185. The molecule has 1 aromatic heterocycles. The fourth-order valence-corrected chi connectivity index (χ4v) is 7.37. The standard InChI is InChI=1S/C38H38F3N7O3/c1-50-34-18-17-31(48-36(38(39,40)41)42-43-44-48)21-30(34)22-45-23-32-24-46(37(49)51-26-27-11-5-2-6-12-27)19-20-47(32)33(25-45)35(28-13-7-3-8-14-28)29-15-9-4-10-16-29/h2-18,21,32-33,35H,19-20,22-26H2,1H3. The van der Waals surface area contributed by atoms with Crippen LogP contribution in [0.15, 0.2) is 109 Å². The summed E-state index contributed by atoms with van der Waals surface area (Å²) < 4.78 is 53.3. The van der Waals surface area contributed by atoms with E-state index in [1.54, 1.807) is 17.0 Å². The second kappa shape index (κ2) is 14.9. The van der Waals surface area contributed by atoms with Crippen LogP contribution in [0.2, 0.25) is 0 Å². The minimum absolute atomic E-state index is 0.0121. The first-order chi connectivity index (χ1) is 24.8. The van der Waals surface area contributed by atoms with Crippen molar-refractivity contribution in [3.63, 3.8) is 0 Å². The average Bonchev–Trinajstić information content (AvgIpc) is 3.67. The molecule has 0 aliphatic carbocycles. The van der Waals surface area contributed by atoms with Gasteiger partial charge in [0.2, 0.25) is 0 Å². The Hall–Kier alpha value is -5.27. The van der Waals surface area contributed by atoms with Crippen molar-refractivity contribution in [3.05, 3.63) is 137 Å². The van der Waals surface area contributed by atoms with Gasteiger partial charge in [-0.2, -0.15) is 17.9 Å². The van der Waals surface area contributed by atoms with Crippen molar-refractivity contribution in [2.24, 2.45) is 0 Å². The molecule has 4 aromatic carbocycles. The molecule has 2 fully saturated rings. The SMILES string of the molecule is COc1ccc(-n2nnnc2C(F)(F)F)cc1CN1CC2CN(C(=O)OCc3ccccc3)CCN2C(C(c2ccccc2)c2ccccc2)C1. The maximum atomic E-state index is 13.7. The predicted molar refractivity (Wildman–Crippen MR) is 183 cm³/mol. The van der Waals surface area contributed by atoms with Gasteiger partial charge in [-0.15, -0.1) is 5.10 Å². The Kier molecular flexibility index (Phi) is 10.00. The van der Waals surface area contributed by atoms with Crippen LogP contribution in [0, 0.1) is 0 Å². The van der Waals surface area contributed by atoms with Crippen LogP contribution in [-0.2, 0) is 24.1 Å². The first-order valence-corrected chi connectivity index (χ1v) is 16.8. The van der Waals surface area contributed by atoms with Gasteiger partial charge in [0.05, 0.1) is 12.8 Å². The number of nitrogens with zero attached hydrogens (tertiary/aromatic N) is 7. The highest BCUT2D eigenvalue weighted by Gasteiger charge is 2.44. The lowest BCUT2D eigenvalue weighted by molar-refractivity contribution is -0.146. The van der Waals surface area contributed by atoms with Crippen LogP contribution in [0.3, 0.4) is 0 Å². The molecular formula is C38H38F3N7O3. The number of ether oxygens (including phenoxy) is 2. The molecule has 0 saturated carbocycles. The van der Waals surface area contributed by atoms with Crippen molar-refractivity contribution in [3.8, 4) is 11.4 Å². The zero-order valence-electron chi connectivity index (χ0n) is 28.1. The summed E-state index contributed by atoms with van der Waals surface area (Å²) in [7, 11) is 1.54. The van der Waals surface area contributed by atoms with Crippen LogP contribution in [-0.4, -0.2) is 92.9 Å². The number of hydrogen-bond acceptors (Lipinski definition) is 8. The van der Waals surface area contributed by atoms with Gasteiger partial charge in [0.15, 0.2) is 0 Å². The summed E-state index contributed by atoms with van der Waals surface area (Å²) in [5.41, 5.74) is 4.14. The summed E-state index contributed by atoms with van der Waals surface area (Å²) >= 11 is 0. The van der Waals surface area contributed by atoms with E-state index < -0.39 is 12.0 Å². The fraction of sp³-hybridized carbons (Fsp3) is 0.316. The zero-order chi connectivity index (χ0) is 35.4. The van der Waals surface area contributed by atoms with Gasteiger partial charge in [-0.1, -0.05) is 91.0 Å². The lowest BCUT2D eigenvalue weighted by Crippen LogP contribution is -2.67. The largest absolute Gasteiger partial charge is 0.496 e. The molecule has 0 bridgehead atoms. The number of carbonyl (C=O) groups is 1. The van der Waals surface area contributed by atoms with Crippen LogP contribution < -0.4 is 4.74 Å². The van der Waals surface area contributed by atoms with E-state index in [0.717, 1.165) is 5.56 Å². The van der Waals surface area contributed by atoms with Gasteiger partial charge in [0.25, 0.3) is 5.82 Å². The van der Waals surface area contributed by atoms with E-state index in [0.29, 0.717) is 55.3 Å². The van der Waals surface area contributed by atoms with E-state index in [2.05, 4.69) is 73.9 Å². The molecule has 2 atom stereocenters. The Labute approximate surface area is 294 Å². The summed E-state index contributed by atoms with van der Waals surface area (Å²) in [6.07, 6.45) is -5.09. The Balaban J connectivity index is 1.21. The van der Waals surface area contributed by atoms with Crippen LogP contribution in [0.5, 0.6) is 5.75 Å². The molecule has 13 heteroatoms. The van der Waals surface area contributed by atoms with Crippen LogP contribution in [0.4, 0.5) is 18.0 Å². The number of rotatable bonds is 9. The number of hydrogen-bond donors (Lipinski definition) is 0. The smallest absolute Gasteiger partial charge is 0.453 e. The Morgan fingerprint density at radius 2 is 1.53 bits per heavy atom. The average molecular weight is 698 g/mol. The highest BCUT2D eigenvalue weighted by Crippen LogP contribution is 2.37. The number of benzene rings is 4. The van der Waals surface area contributed by atoms with E-state index in [1.807, 2.05) is 42.5 Å². The second-order valence-electron chi connectivity index (χ2n) is 12.8. The Morgan fingerprint density at radius 1 is 0.863 bits per heavy atom. The molecule has 0 spiro atoms. The van der Waals surface area contributed by atoms with Crippen molar-refractivity contribution in [2.75, 3.05) is 39.8 Å². The molecule has 2 aliphatic heterocycles. The second-order valence-corrected chi connectivity index (χ2v) is 12.8. The fourth-order valence-electron chi connectivity index (χ4n) is 7.37. The minimum Gasteiger partial charge on any atom is -0.496 e. The first-order valence-electron chi connectivity index (χ1n) is 16.8. The minimum atomic E-state index is -4.73. The third kappa shape index (κ3) is 7.59. The number of halogens is 3. The molecule has 3 heterocycles. The van der Waals surface area contributed by atoms with Crippen molar-refractivity contribution < 1.29 is 27.4 Å². The molecule has 2 aliphatic rings. The summed E-state index contributed by atoms with van der Waals surface area (Å²) in [4.78, 5) is 20.0. The number of amides is 1. The van der Waals surface area contributed by atoms with E-state index in [9.17, 15) is 18.0 Å². The molecule has 1 amide bonds. The summed E-state index contributed by atoms with van der Waals surface area (Å²) in [6, 6.07) is 35.2. The lowest BCUT2D eigenvalue weighted by Gasteiger charge is -2.53. The third-order valence-corrected chi connectivity index (χ3v) is 9.66. The normalized spacial score (nSPS) is 18.4. The van der Waals surface area contributed by atoms with Gasteiger partial charge < -0.3 is 14.4 Å². The number of piperazine rings is 2. The van der Waals surface area contributed by atoms with Gasteiger partial charge in [-0.3, -0.25) is 9.80 Å². The van der Waals surface area contributed by atoms with E-state index in [4.69, 9.17) is 9.47 Å². The topological polar surface area (TPSA) is 88.8 Å². The molecular weight excluding hydrogens is 659 g/mol. The predicted octanol–water partition coefficient (Wildman–Crippen LogP) is 6.03. The Bertz CT molecular complexity index is 1870. The van der Waals surface area contributed by atoms with Crippen LogP contribution >= 0.6 is 0 Å². The zero-order valence-corrected chi connectivity index (χ0v) is 28.1. The molecule has 0 radical (unpaired) electrons.